The van der Waals surface area contributed by atoms with Crippen molar-refractivity contribution in [2.24, 2.45) is 0 Å². The van der Waals surface area contributed by atoms with E-state index in [4.69, 9.17) is 11.8 Å². The Bertz CT molecular complexity index is 547. The minimum absolute atomic E-state index is 1.11. The average molecular weight is 296 g/mol. The summed E-state index contributed by atoms with van der Waals surface area (Å²) in [5, 5.41) is 0.0238. The van der Waals surface area contributed by atoms with E-state index >= 15 is 0 Å². The molecule has 1 aliphatic rings. The molecule has 0 nitrogen and oxygen atoms in total. The molecule has 0 spiro atoms. The topological polar surface area (TPSA) is 0 Å². The molecule has 3 heteroatoms. The Balaban J connectivity index is 2.54. The Hall–Kier alpha value is -0.0400. The van der Waals surface area contributed by atoms with Crippen molar-refractivity contribution in [2.45, 2.75) is 34.6 Å². The van der Waals surface area contributed by atoms with E-state index < -0.39 is 5.24 Å². The van der Waals surface area contributed by atoms with Crippen LogP contribution in [0, 0.1) is 20.8 Å². The molecular formula is C15H21PS2. The van der Waals surface area contributed by atoms with Gasteiger partial charge in [-0.05, 0) is 45.7 Å². The third-order valence-corrected chi connectivity index (χ3v) is 11.4. The van der Waals surface area contributed by atoms with Crippen molar-refractivity contribution in [2.75, 3.05) is 11.9 Å². The molecule has 1 aromatic rings. The van der Waals surface area contributed by atoms with Gasteiger partial charge in [0, 0.05) is 22.5 Å². The summed E-state index contributed by atoms with van der Waals surface area (Å²) in [5.41, 5.74) is 7.20. The van der Waals surface area contributed by atoms with Crippen molar-refractivity contribution in [1.82, 2.24) is 0 Å². The lowest BCUT2D eigenvalue weighted by Gasteiger charge is -2.31. The lowest BCUT2D eigenvalue weighted by atomic mass is 10.1. The second-order valence-corrected chi connectivity index (χ2v) is 13.3. The minimum atomic E-state index is -1.46. The van der Waals surface area contributed by atoms with Crippen LogP contribution >= 0.6 is 16.6 Å². The summed E-state index contributed by atoms with van der Waals surface area (Å²) in [4.78, 5) is 0. The third kappa shape index (κ3) is 2.61. The van der Waals surface area contributed by atoms with E-state index in [2.05, 4.69) is 46.8 Å². The van der Waals surface area contributed by atoms with Gasteiger partial charge in [0.05, 0.1) is 0 Å². The van der Waals surface area contributed by atoms with Crippen LogP contribution in [0.15, 0.2) is 23.3 Å². The molecule has 1 aromatic carbocycles. The first-order valence-corrected chi connectivity index (χ1v) is 10.9. The summed E-state index contributed by atoms with van der Waals surface area (Å²) in [6.07, 6.45) is 1.11. The zero-order valence-corrected chi connectivity index (χ0v) is 14.4. The number of hydrogen-bond donors (Lipinski definition) is 0. The molecule has 0 amide bonds. The van der Waals surface area contributed by atoms with Crippen LogP contribution in [0.4, 0.5) is 0 Å². The van der Waals surface area contributed by atoms with Crippen LogP contribution in [0.1, 0.15) is 30.5 Å². The van der Waals surface area contributed by atoms with Crippen LogP contribution in [-0.4, -0.2) is 11.9 Å². The maximum Gasteiger partial charge on any atom is 0.0384 e. The molecule has 18 heavy (non-hydrogen) atoms. The maximum absolute atomic E-state index is 6.11. The van der Waals surface area contributed by atoms with Gasteiger partial charge in [0.1, 0.15) is 0 Å². The van der Waals surface area contributed by atoms with Crippen LogP contribution in [0.2, 0.25) is 0 Å². The van der Waals surface area contributed by atoms with E-state index in [1.54, 1.807) is 0 Å². The van der Waals surface area contributed by atoms with Crippen molar-refractivity contribution in [3.05, 3.63) is 40.0 Å². The van der Waals surface area contributed by atoms with E-state index in [1.807, 2.05) is 11.4 Å². The number of rotatable bonds is 1. The van der Waals surface area contributed by atoms with Gasteiger partial charge in [-0.2, -0.15) is 0 Å². The highest BCUT2D eigenvalue weighted by Crippen LogP contribution is 2.63. The van der Waals surface area contributed by atoms with E-state index in [-0.39, 0.29) is 0 Å². The van der Waals surface area contributed by atoms with Crippen LogP contribution < -0.4 is 5.30 Å². The molecule has 1 unspecified atom stereocenters. The zero-order valence-electron chi connectivity index (χ0n) is 11.8. The molecule has 0 aliphatic carbocycles. The second kappa shape index (κ2) is 5.15. The number of aryl methyl sites for hydroxylation is 3. The van der Waals surface area contributed by atoms with Gasteiger partial charge in [-0.25, -0.2) is 0 Å². The van der Waals surface area contributed by atoms with Crippen molar-refractivity contribution in [3.63, 3.8) is 0 Å². The van der Waals surface area contributed by atoms with Crippen molar-refractivity contribution < 1.29 is 0 Å². The van der Waals surface area contributed by atoms with Crippen molar-refractivity contribution >= 4 is 33.7 Å². The first-order valence-electron chi connectivity index (χ1n) is 6.31. The monoisotopic (exact) mass is 296 g/mol. The first-order chi connectivity index (χ1) is 8.33. The molecule has 0 saturated carbocycles. The van der Waals surface area contributed by atoms with Gasteiger partial charge in [-0.15, -0.1) is 11.4 Å². The van der Waals surface area contributed by atoms with E-state index in [1.165, 1.54) is 33.1 Å². The fourth-order valence-corrected chi connectivity index (χ4v) is 11.0. The highest BCUT2D eigenvalue weighted by Gasteiger charge is 2.28. The number of allylic oxidation sites excluding steroid dienone is 1. The molecule has 0 bridgehead atoms. The Kier molecular flexibility index (Phi) is 4.11. The van der Waals surface area contributed by atoms with Crippen LogP contribution in [0.5, 0.6) is 0 Å². The molecule has 1 atom stereocenters. The van der Waals surface area contributed by atoms with Crippen molar-refractivity contribution in [3.8, 4) is 0 Å². The van der Waals surface area contributed by atoms with E-state index in [9.17, 15) is 0 Å². The van der Waals surface area contributed by atoms with Crippen molar-refractivity contribution in [1.29, 1.82) is 0 Å². The summed E-state index contributed by atoms with van der Waals surface area (Å²) in [6.45, 7) is 11.1. The lowest BCUT2D eigenvalue weighted by molar-refractivity contribution is 1.24. The van der Waals surface area contributed by atoms with Crippen LogP contribution in [0.25, 0.3) is 0 Å². The maximum atomic E-state index is 6.11. The highest BCUT2D eigenvalue weighted by molar-refractivity contribution is 8.73. The Morgan fingerprint density at radius 3 is 2.06 bits per heavy atom. The molecular weight excluding hydrogens is 275 g/mol. The fraction of sp³-hybridized carbons (Fsp3) is 0.467. The highest BCUT2D eigenvalue weighted by atomic mass is 32.9. The summed E-state index contributed by atoms with van der Waals surface area (Å²) in [7, 11) is 0. The fourth-order valence-electron chi connectivity index (χ4n) is 2.67. The van der Waals surface area contributed by atoms with Crippen LogP contribution in [0.3, 0.4) is 0 Å². The summed E-state index contributed by atoms with van der Waals surface area (Å²) in [6, 6.07) is 4.58. The van der Waals surface area contributed by atoms with Gasteiger partial charge in [0.25, 0.3) is 0 Å². The van der Waals surface area contributed by atoms with E-state index in [0.717, 1.165) is 11.9 Å². The molecule has 98 valence electrons. The number of benzene rings is 1. The molecule has 1 heterocycles. The predicted molar refractivity (Wildman–Crippen MR) is 90.3 cm³/mol. The first kappa shape index (κ1) is 14.4. The largest absolute Gasteiger partial charge is 0.115 e. The molecule has 1 aliphatic heterocycles. The molecule has 0 saturated heterocycles. The quantitative estimate of drug-likeness (QED) is 0.543. The SMILES string of the molecule is CC1=C(C)CP(=S)(c2c(C)cc(C)cc2C)SC1. The Labute approximate surface area is 120 Å². The molecule has 0 aromatic heterocycles. The molecule has 0 N–H and O–H groups in total. The van der Waals surface area contributed by atoms with Gasteiger partial charge in [-0.1, -0.05) is 40.6 Å². The lowest BCUT2D eigenvalue weighted by Crippen LogP contribution is -2.17. The van der Waals surface area contributed by atoms with Gasteiger partial charge in [0.15, 0.2) is 0 Å². The van der Waals surface area contributed by atoms with Gasteiger partial charge in [-0.3, -0.25) is 0 Å². The predicted octanol–water partition coefficient (Wildman–Crippen LogP) is 4.71. The summed E-state index contributed by atoms with van der Waals surface area (Å²) in [5.74, 6) is 1.12. The molecule has 0 fully saturated rings. The van der Waals surface area contributed by atoms with E-state index in [0.29, 0.717) is 0 Å². The summed E-state index contributed by atoms with van der Waals surface area (Å²) < 4.78 is 0. The third-order valence-electron chi connectivity index (χ3n) is 3.64. The number of hydrogen-bond acceptors (Lipinski definition) is 2. The van der Waals surface area contributed by atoms with Gasteiger partial charge in [0.2, 0.25) is 0 Å². The zero-order chi connectivity index (χ0) is 13.5. The van der Waals surface area contributed by atoms with Gasteiger partial charge >= 0.3 is 0 Å². The molecule has 0 radical (unpaired) electrons. The Morgan fingerprint density at radius 1 is 1.00 bits per heavy atom. The minimum Gasteiger partial charge on any atom is -0.115 e. The molecule has 2 rings (SSSR count). The second-order valence-electron chi connectivity index (χ2n) is 5.41. The van der Waals surface area contributed by atoms with Gasteiger partial charge < -0.3 is 0 Å². The summed E-state index contributed by atoms with van der Waals surface area (Å²) >= 11 is 8.14. The normalized spacial score (nSPS) is 24.5. The standard InChI is InChI=1S/C15H21PS2/c1-10-6-11(2)15(12(3)7-10)16(17)8-13(4)14(5)9-18-16/h6-7H,8-9H2,1-5H3. The average Bonchev–Trinajstić information content (AvgIpc) is 2.22. The Morgan fingerprint density at radius 2 is 1.56 bits per heavy atom. The smallest absolute Gasteiger partial charge is 0.0384 e. The van der Waals surface area contributed by atoms with Crippen LogP contribution in [-0.2, 0) is 11.8 Å².